The maximum atomic E-state index is 13.2. The second kappa shape index (κ2) is 8.45. The molecule has 1 aromatic heterocycles. The fraction of sp³-hybridized carbons (Fsp3) is 0. The van der Waals surface area contributed by atoms with Gasteiger partial charge >= 0.3 is 0 Å². The normalized spacial score (nSPS) is 11.1. The van der Waals surface area contributed by atoms with E-state index < -0.39 is 0 Å². The van der Waals surface area contributed by atoms with Crippen LogP contribution in [-0.4, -0.2) is 4.98 Å². The average Bonchev–Trinajstić information content (AvgIpc) is 3.34. The highest BCUT2D eigenvalue weighted by Crippen LogP contribution is 2.30. The highest BCUT2D eigenvalue weighted by molar-refractivity contribution is 5.78. The summed E-state index contributed by atoms with van der Waals surface area (Å²) in [6, 6.07) is 39.5. The molecule has 0 unspecified atom stereocenters. The van der Waals surface area contributed by atoms with Crippen molar-refractivity contribution < 1.29 is 8.81 Å². The van der Waals surface area contributed by atoms with Gasteiger partial charge in [0.15, 0.2) is 5.58 Å². The molecule has 3 heteroatoms. The molecule has 0 atom stereocenters. The maximum Gasteiger partial charge on any atom is 0.227 e. The van der Waals surface area contributed by atoms with Crippen molar-refractivity contribution >= 4 is 11.1 Å². The summed E-state index contributed by atoms with van der Waals surface area (Å²) in [6.45, 7) is 0. The Labute approximate surface area is 197 Å². The lowest BCUT2D eigenvalue weighted by Crippen LogP contribution is -1.83. The van der Waals surface area contributed by atoms with Crippen LogP contribution in [0.2, 0.25) is 0 Å². The van der Waals surface area contributed by atoms with Crippen molar-refractivity contribution in [3.05, 3.63) is 127 Å². The van der Waals surface area contributed by atoms with E-state index >= 15 is 0 Å². The fourth-order valence-electron chi connectivity index (χ4n) is 4.18. The second-order valence-electron chi connectivity index (χ2n) is 8.23. The highest BCUT2D eigenvalue weighted by Gasteiger charge is 2.09. The van der Waals surface area contributed by atoms with E-state index in [1.165, 1.54) is 12.1 Å². The van der Waals surface area contributed by atoms with Crippen molar-refractivity contribution in [1.82, 2.24) is 4.98 Å². The van der Waals surface area contributed by atoms with Gasteiger partial charge in [-0.3, -0.25) is 0 Å². The lowest BCUT2D eigenvalue weighted by Gasteiger charge is -2.08. The molecule has 0 saturated carbocycles. The number of halogens is 1. The SMILES string of the molecule is Fc1ccc(-c2ccc(-c3ccc(-c4cccc(-c5nc6ccccc6o5)c4)cc3)cc2)cc1. The Morgan fingerprint density at radius 3 is 1.56 bits per heavy atom. The van der Waals surface area contributed by atoms with Gasteiger partial charge in [0.05, 0.1) is 0 Å². The van der Waals surface area contributed by atoms with E-state index in [-0.39, 0.29) is 5.82 Å². The smallest absolute Gasteiger partial charge is 0.227 e. The molecule has 6 aromatic rings. The molecule has 0 aliphatic rings. The van der Waals surface area contributed by atoms with E-state index in [1.807, 2.05) is 36.4 Å². The number of aromatic nitrogens is 1. The van der Waals surface area contributed by atoms with Crippen LogP contribution in [-0.2, 0) is 0 Å². The molecule has 0 bridgehead atoms. The third-order valence-electron chi connectivity index (χ3n) is 6.02. The molecular formula is C31H20FNO. The molecule has 2 nitrogen and oxygen atoms in total. The number of fused-ring (bicyclic) bond motifs is 1. The Morgan fingerprint density at radius 1 is 0.471 bits per heavy atom. The van der Waals surface area contributed by atoms with Crippen molar-refractivity contribution in [2.45, 2.75) is 0 Å². The Bertz CT molecular complexity index is 1550. The van der Waals surface area contributed by atoms with Crippen LogP contribution in [0.4, 0.5) is 4.39 Å². The third kappa shape index (κ3) is 3.89. The van der Waals surface area contributed by atoms with Gasteiger partial charge in [-0.25, -0.2) is 9.37 Å². The van der Waals surface area contributed by atoms with Crippen LogP contribution in [0.3, 0.4) is 0 Å². The van der Waals surface area contributed by atoms with Crippen LogP contribution >= 0.6 is 0 Å². The maximum absolute atomic E-state index is 13.2. The summed E-state index contributed by atoms with van der Waals surface area (Å²) < 4.78 is 19.1. The molecule has 34 heavy (non-hydrogen) atoms. The molecule has 5 aromatic carbocycles. The van der Waals surface area contributed by atoms with Gasteiger partial charge in [0.2, 0.25) is 5.89 Å². The summed E-state index contributed by atoms with van der Waals surface area (Å²) in [6.07, 6.45) is 0. The highest BCUT2D eigenvalue weighted by atomic mass is 19.1. The molecule has 0 aliphatic heterocycles. The van der Waals surface area contributed by atoms with Crippen LogP contribution in [0.1, 0.15) is 0 Å². The minimum Gasteiger partial charge on any atom is -0.436 e. The molecule has 162 valence electrons. The van der Waals surface area contributed by atoms with E-state index in [9.17, 15) is 4.39 Å². The molecule has 6 rings (SSSR count). The summed E-state index contributed by atoms with van der Waals surface area (Å²) in [5.41, 5.74) is 9.19. The van der Waals surface area contributed by atoms with E-state index in [1.54, 1.807) is 12.1 Å². The number of rotatable bonds is 4. The summed E-state index contributed by atoms with van der Waals surface area (Å²) in [4.78, 5) is 4.62. The summed E-state index contributed by atoms with van der Waals surface area (Å²) in [7, 11) is 0. The third-order valence-corrected chi connectivity index (χ3v) is 6.02. The molecule has 0 radical (unpaired) electrons. The van der Waals surface area contributed by atoms with Crippen LogP contribution in [0.15, 0.2) is 126 Å². The van der Waals surface area contributed by atoms with Crippen molar-refractivity contribution in [1.29, 1.82) is 0 Å². The van der Waals surface area contributed by atoms with E-state index in [0.29, 0.717) is 5.89 Å². The Hall–Kier alpha value is -4.50. The van der Waals surface area contributed by atoms with Crippen LogP contribution in [0.25, 0.3) is 55.9 Å². The number of benzene rings is 5. The van der Waals surface area contributed by atoms with Crippen molar-refractivity contribution in [3.8, 4) is 44.8 Å². The zero-order valence-electron chi connectivity index (χ0n) is 18.3. The van der Waals surface area contributed by atoms with Gasteiger partial charge in [0.25, 0.3) is 0 Å². The van der Waals surface area contributed by atoms with Gasteiger partial charge in [-0.1, -0.05) is 84.9 Å². The first-order valence-corrected chi connectivity index (χ1v) is 11.2. The Morgan fingerprint density at radius 2 is 0.971 bits per heavy atom. The standard InChI is InChI=1S/C31H20FNO/c32-28-18-16-24(17-19-28)23-10-8-21(9-11-23)22-12-14-25(15-13-22)26-4-3-5-27(20-26)31-33-29-6-1-2-7-30(29)34-31/h1-20H. The first-order valence-electron chi connectivity index (χ1n) is 11.2. The lowest BCUT2D eigenvalue weighted by atomic mass is 9.97. The minimum atomic E-state index is -0.222. The summed E-state index contributed by atoms with van der Waals surface area (Å²) in [5, 5.41) is 0. The van der Waals surface area contributed by atoms with Gasteiger partial charge in [-0.15, -0.1) is 0 Å². The molecular weight excluding hydrogens is 421 g/mol. The van der Waals surface area contributed by atoms with Gasteiger partial charge in [-0.2, -0.15) is 0 Å². The first kappa shape index (κ1) is 20.1. The van der Waals surface area contributed by atoms with Crippen molar-refractivity contribution in [2.75, 3.05) is 0 Å². The number of para-hydroxylation sites is 2. The monoisotopic (exact) mass is 441 g/mol. The molecule has 0 spiro atoms. The summed E-state index contributed by atoms with van der Waals surface area (Å²) >= 11 is 0. The van der Waals surface area contributed by atoms with Crippen LogP contribution in [0.5, 0.6) is 0 Å². The number of nitrogens with zero attached hydrogens (tertiary/aromatic N) is 1. The van der Waals surface area contributed by atoms with E-state index in [0.717, 1.165) is 50.0 Å². The Kier molecular flexibility index (Phi) is 5.00. The summed E-state index contributed by atoms with van der Waals surface area (Å²) in [5.74, 6) is 0.403. The number of oxazole rings is 1. The number of hydrogen-bond acceptors (Lipinski definition) is 2. The predicted molar refractivity (Wildman–Crippen MR) is 136 cm³/mol. The van der Waals surface area contributed by atoms with Crippen molar-refractivity contribution in [2.24, 2.45) is 0 Å². The Balaban J connectivity index is 1.25. The minimum absolute atomic E-state index is 0.222. The lowest BCUT2D eigenvalue weighted by molar-refractivity contribution is 0.620. The zero-order valence-corrected chi connectivity index (χ0v) is 18.3. The van der Waals surface area contributed by atoms with Crippen LogP contribution in [0, 0.1) is 5.82 Å². The van der Waals surface area contributed by atoms with Gasteiger partial charge in [-0.05, 0) is 69.8 Å². The van der Waals surface area contributed by atoms with Gasteiger partial charge in [0, 0.05) is 5.56 Å². The predicted octanol–water partition coefficient (Wildman–Crippen LogP) is 8.63. The average molecular weight is 442 g/mol. The number of hydrogen-bond donors (Lipinski definition) is 0. The van der Waals surface area contributed by atoms with Crippen molar-refractivity contribution in [3.63, 3.8) is 0 Å². The zero-order chi connectivity index (χ0) is 22.9. The second-order valence-corrected chi connectivity index (χ2v) is 8.23. The topological polar surface area (TPSA) is 26.0 Å². The quantitative estimate of drug-likeness (QED) is 0.274. The van der Waals surface area contributed by atoms with E-state index in [2.05, 4.69) is 65.6 Å². The molecule has 0 fully saturated rings. The molecule has 1 heterocycles. The largest absolute Gasteiger partial charge is 0.436 e. The molecule has 0 N–H and O–H groups in total. The van der Waals surface area contributed by atoms with Gasteiger partial charge in [0.1, 0.15) is 11.3 Å². The molecule has 0 aliphatic carbocycles. The molecule has 0 amide bonds. The van der Waals surface area contributed by atoms with Crippen LogP contribution < -0.4 is 0 Å². The first-order chi connectivity index (χ1) is 16.7. The van der Waals surface area contributed by atoms with E-state index in [4.69, 9.17) is 4.42 Å². The fourth-order valence-corrected chi connectivity index (χ4v) is 4.18. The molecule has 0 saturated heterocycles. The van der Waals surface area contributed by atoms with Gasteiger partial charge < -0.3 is 4.42 Å².